The highest BCUT2D eigenvalue weighted by Gasteiger charge is 2.40. The summed E-state index contributed by atoms with van der Waals surface area (Å²) in [7, 11) is -1.43. The molecular weight excluding hydrogens is 307 g/mol. The van der Waals surface area contributed by atoms with Crippen molar-refractivity contribution in [3.63, 3.8) is 0 Å². The van der Waals surface area contributed by atoms with Crippen molar-refractivity contribution in [2.45, 2.75) is 38.0 Å². The second-order valence-corrected chi connectivity index (χ2v) is 5.90. The Labute approximate surface area is 134 Å². The van der Waals surface area contributed by atoms with Crippen LogP contribution in [0.5, 0.6) is 0 Å². The van der Waals surface area contributed by atoms with Gasteiger partial charge in [0, 0.05) is 19.5 Å². The lowest BCUT2D eigenvalue weighted by atomic mass is 9.80. The second-order valence-electron chi connectivity index (χ2n) is 5.90. The van der Waals surface area contributed by atoms with Crippen LogP contribution in [-0.2, 0) is 14.4 Å². The highest BCUT2D eigenvalue weighted by molar-refractivity contribution is 6.40. The van der Waals surface area contributed by atoms with E-state index in [1.807, 2.05) is 0 Å². The van der Waals surface area contributed by atoms with E-state index in [4.69, 9.17) is 20.9 Å². The van der Waals surface area contributed by atoms with Crippen LogP contribution in [-0.4, -0.2) is 69.3 Å². The van der Waals surface area contributed by atoms with E-state index in [1.54, 1.807) is 0 Å². The summed E-state index contributed by atoms with van der Waals surface area (Å²) >= 11 is 0. The minimum absolute atomic E-state index is 0.00375. The van der Waals surface area contributed by atoms with Crippen LogP contribution in [0.3, 0.4) is 0 Å². The molecule has 1 aliphatic heterocycles. The van der Waals surface area contributed by atoms with Gasteiger partial charge in [0.05, 0.1) is 12.0 Å². The number of carbonyl (C=O) groups excluding carboxylic acids is 1. The van der Waals surface area contributed by atoms with Crippen molar-refractivity contribution in [3.05, 3.63) is 0 Å². The Hall–Kier alpha value is -1.65. The van der Waals surface area contributed by atoms with Crippen molar-refractivity contribution in [1.82, 2.24) is 4.90 Å². The van der Waals surface area contributed by atoms with Gasteiger partial charge in [0.1, 0.15) is 0 Å². The Morgan fingerprint density at radius 2 is 1.87 bits per heavy atom. The third-order valence-electron chi connectivity index (χ3n) is 4.09. The lowest BCUT2D eigenvalue weighted by Crippen LogP contribution is -2.43. The lowest BCUT2D eigenvalue weighted by molar-refractivity contribution is -0.142. The van der Waals surface area contributed by atoms with Gasteiger partial charge in [-0.15, -0.1) is 0 Å². The Morgan fingerprint density at radius 3 is 2.39 bits per heavy atom. The fourth-order valence-corrected chi connectivity index (χ4v) is 2.82. The minimum atomic E-state index is -1.43. The third kappa shape index (κ3) is 6.16. The number of amides is 1. The highest BCUT2D eigenvalue weighted by atomic mass is 16.4. The van der Waals surface area contributed by atoms with Gasteiger partial charge in [0.2, 0.25) is 5.91 Å². The molecule has 23 heavy (non-hydrogen) atoms. The zero-order valence-corrected chi connectivity index (χ0v) is 12.8. The Balaban J connectivity index is 2.59. The molecule has 1 unspecified atom stereocenters. The molecule has 0 aliphatic carbocycles. The number of rotatable bonds is 9. The molecular formula is C13H23BN2O7. The number of likely N-dealkylation sites (tertiary alicyclic amines) is 1. The smallest absolute Gasteiger partial charge is 0.451 e. The Kier molecular flexibility index (Phi) is 7.46. The zero-order chi connectivity index (χ0) is 17.6. The predicted molar refractivity (Wildman–Crippen MR) is 80.3 cm³/mol. The van der Waals surface area contributed by atoms with Crippen molar-refractivity contribution in [1.29, 1.82) is 0 Å². The predicted octanol–water partition coefficient (Wildman–Crippen LogP) is -1.41. The van der Waals surface area contributed by atoms with Crippen molar-refractivity contribution in [2.75, 3.05) is 13.1 Å². The van der Waals surface area contributed by atoms with Crippen LogP contribution in [0.2, 0.25) is 6.32 Å². The van der Waals surface area contributed by atoms with Gasteiger partial charge >= 0.3 is 19.1 Å². The summed E-state index contributed by atoms with van der Waals surface area (Å²) in [5.74, 6) is -3.49. The van der Waals surface area contributed by atoms with E-state index in [2.05, 4.69) is 0 Å². The standard InChI is InChI=1S/C13H23BN2O7/c15-10(3-4-11(17)18)12(19)16-6-8(2-1-5-14(22)23)9(7-16)13(20)21/h8-10,22-23H,1-7,15H2,(H,17,18)(H,20,21)/t8-,9+,10?/m0/s1. The number of nitrogens with zero attached hydrogens (tertiary/aromatic N) is 1. The van der Waals surface area contributed by atoms with Gasteiger partial charge < -0.3 is 30.9 Å². The third-order valence-corrected chi connectivity index (χ3v) is 4.09. The quantitative estimate of drug-likeness (QED) is 0.322. The van der Waals surface area contributed by atoms with Gasteiger partial charge in [0.25, 0.3) is 0 Å². The molecule has 1 saturated heterocycles. The first-order valence-corrected chi connectivity index (χ1v) is 7.57. The van der Waals surface area contributed by atoms with E-state index >= 15 is 0 Å². The van der Waals surface area contributed by atoms with Gasteiger partial charge in [0.15, 0.2) is 0 Å². The van der Waals surface area contributed by atoms with Gasteiger partial charge in [-0.05, 0) is 25.1 Å². The monoisotopic (exact) mass is 330 g/mol. The van der Waals surface area contributed by atoms with Crippen LogP contribution < -0.4 is 5.73 Å². The summed E-state index contributed by atoms with van der Waals surface area (Å²) in [6.45, 7) is 0.277. The number of nitrogens with two attached hydrogens (primary N) is 1. The molecule has 1 fully saturated rings. The fraction of sp³-hybridized carbons (Fsp3) is 0.769. The van der Waals surface area contributed by atoms with Crippen LogP contribution in [0.1, 0.15) is 25.7 Å². The SMILES string of the molecule is NC(CCC(=O)O)C(=O)N1C[C@H](CCCB(O)O)[C@H](C(=O)O)C1. The topological polar surface area (TPSA) is 161 Å². The van der Waals surface area contributed by atoms with Crippen LogP contribution in [0.4, 0.5) is 0 Å². The molecule has 1 rings (SSSR count). The van der Waals surface area contributed by atoms with E-state index < -0.39 is 36.9 Å². The molecule has 6 N–H and O–H groups in total. The average molecular weight is 330 g/mol. The van der Waals surface area contributed by atoms with Gasteiger partial charge in [-0.1, -0.05) is 6.42 Å². The number of carbonyl (C=O) groups is 3. The molecule has 130 valence electrons. The van der Waals surface area contributed by atoms with Gasteiger partial charge in [-0.3, -0.25) is 14.4 Å². The Morgan fingerprint density at radius 1 is 1.22 bits per heavy atom. The summed E-state index contributed by atoms with van der Waals surface area (Å²) in [5, 5.41) is 35.5. The lowest BCUT2D eigenvalue weighted by Gasteiger charge is -2.20. The van der Waals surface area contributed by atoms with E-state index in [1.165, 1.54) is 4.90 Å². The molecule has 0 saturated carbocycles. The molecule has 1 amide bonds. The summed E-state index contributed by atoms with van der Waals surface area (Å²) < 4.78 is 0. The van der Waals surface area contributed by atoms with Crippen molar-refractivity contribution in [3.8, 4) is 0 Å². The zero-order valence-electron chi connectivity index (χ0n) is 12.8. The molecule has 1 heterocycles. The minimum Gasteiger partial charge on any atom is -0.481 e. The van der Waals surface area contributed by atoms with Crippen LogP contribution in [0.15, 0.2) is 0 Å². The summed E-state index contributed by atoms with van der Waals surface area (Å²) in [6.07, 6.45) is 0.835. The number of aliphatic carboxylic acids is 2. The molecule has 0 spiro atoms. The van der Waals surface area contributed by atoms with Crippen LogP contribution >= 0.6 is 0 Å². The summed E-state index contributed by atoms with van der Waals surface area (Å²) in [6, 6.07) is -0.960. The van der Waals surface area contributed by atoms with Crippen molar-refractivity contribution >= 4 is 25.0 Å². The van der Waals surface area contributed by atoms with E-state index in [-0.39, 0.29) is 38.2 Å². The number of carboxylic acid groups (broad SMARTS) is 2. The maximum Gasteiger partial charge on any atom is 0.451 e. The molecule has 10 heteroatoms. The molecule has 0 radical (unpaired) electrons. The normalized spacial score (nSPS) is 22.0. The molecule has 0 bridgehead atoms. The molecule has 3 atom stereocenters. The second kappa shape index (κ2) is 8.85. The first-order valence-electron chi connectivity index (χ1n) is 7.57. The molecule has 0 aromatic rings. The maximum atomic E-state index is 12.2. The first-order chi connectivity index (χ1) is 10.7. The van der Waals surface area contributed by atoms with Gasteiger partial charge in [-0.2, -0.15) is 0 Å². The first kappa shape index (κ1) is 19.4. The maximum absolute atomic E-state index is 12.2. The molecule has 9 nitrogen and oxygen atoms in total. The number of carboxylic acids is 2. The van der Waals surface area contributed by atoms with Crippen LogP contribution in [0.25, 0.3) is 0 Å². The van der Waals surface area contributed by atoms with E-state index in [9.17, 15) is 19.5 Å². The molecule has 0 aromatic carbocycles. The Bertz CT molecular complexity index is 446. The number of hydrogen-bond donors (Lipinski definition) is 5. The van der Waals surface area contributed by atoms with Gasteiger partial charge in [-0.25, -0.2) is 0 Å². The van der Waals surface area contributed by atoms with Crippen molar-refractivity contribution < 1.29 is 34.6 Å². The largest absolute Gasteiger partial charge is 0.481 e. The van der Waals surface area contributed by atoms with E-state index in [0.29, 0.717) is 12.8 Å². The number of hydrogen-bond acceptors (Lipinski definition) is 6. The van der Waals surface area contributed by atoms with E-state index in [0.717, 1.165) is 0 Å². The molecule has 0 aromatic heterocycles. The average Bonchev–Trinajstić information content (AvgIpc) is 2.87. The highest BCUT2D eigenvalue weighted by Crippen LogP contribution is 2.29. The molecule has 1 aliphatic rings. The fourth-order valence-electron chi connectivity index (χ4n) is 2.82. The van der Waals surface area contributed by atoms with Crippen molar-refractivity contribution in [2.24, 2.45) is 17.6 Å². The summed E-state index contributed by atoms with van der Waals surface area (Å²) in [4.78, 5) is 35.4. The summed E-state index contributed by atoms with van der Waals surface area (Å²) in [5.41, 5.74) is 5.68. The van der Waals surface area contributed by atoms with Crippen LogP contribution in [0, 0.1) is 11.8 Å².